The predicted octanol–water partition coefficient (Wildman–Crippen LogP) is 2.34. The standard InChI is InChI=1S/C5H7.CH3ClO.Zr/c1-3-5-4-2;1-3-2;/h1,3-5H,2H3;1H3;/q-1;;. The summed E-state index contributed by atoms with van der Waals surface area (Å²) in [4.78, 5) is 0. The van der Waals surface area contributed by atoms with E-state index in [0.717, 1.165) is 0 Å². The molecule has 0 heterocycles. The first-order valence-corrected chi connectivity index (χ1v) is 2.45. The van der Waals surface area contributed by atoms with Crippen LogP contribution in [0.15, 0.2) is 18.2 Å². The summed E-state index contributed by atoms with van der Waals surface area (Å²) in [6, 6.07) is 0. The number of allylic oxidation sites excluding steroid dienone is 3. The Morgan fingerprint density at radius 1 is 1.56 bits per heavy atom. The van der Waals surface area contributed by atoms with Crippen LogP contribution >= 0.6 is 11.9 Å². The van der Waals surface area contributed by atoms with Gasteiger partial charge in [0.1, 0.15) is 0 Å². The molecule has 0 aliphatic heterocycles. The normalized spacial score (nSPS) is 7.00. The van der Waals surface area contributed by atoms with E-state index in [0.29, 0.717) is 0 Å². The molecule has 0 amide bonds. The summed E-state index contributed by atoms with van der Waals surface area (Å²) in [7, 11) is 1.39. The second-order valence-electron chi connectivity index (χ2n) is 0.873. The van der Waals surface area contributed by atoms with Crippen molar-refractivity contribution in [3.63, 3.8) is 0 Å². The quantitative estimate of drug-likeness (QED) is 0.491. The van der Waals surface area contributed by atoms with Crippen LogP contribution in [-0.4, -0.2) is 7.11 Å². The van der Waals surface area contributed by atoms with E-state index in [1.165, 1.54) is 13.2 Å². The maximum atomic E-state index is 4.93. The minimum Gasteiger partial charge on any atom is -0.293 e. The second-order valence-corrected chi connectivity index (χ2v) is 1.18. The molecule has 0 atom stereocenters. The first kappa shape index (κ1) is 16.3. The number of hydrogen-bond acceptors (Lipinski definition) is 1. The Balaban J connectivity index is -0.0000000800. The van der Waals surface area contributed by atoms with Crippen LogP contribution in [-0.2, 0) is 30.5 Å². The molecule has 0 N–H and O–H groups in total. The van der Waals surface area contributed by atoms with E-state index in [4.69, 9.17) is 6.58 Å². The van der Waals surface area contributed by atoms with Crippen LogP contribution in [0.4, 0.5) is 0 Å². The minimum atomic E-state index is 0. The number of halogens is 1. The second kappa shape index (κ2) is 23.5. The zero-order chi connectivity index (χ0) is 6.83. The molecule has 0 aromatic rings. The summed E-state index contributed by atoms with van der Waals surface area (Å²) < 4.78 is 3.72. The van der Waals surface area contributed by atoms with Gasteiger partial charge in [-0.2, -0.15) is 6.08 Å². The van der Waals surface area contributed by atoms with Crippen molar-refractivity contribution in [1.29, 1.82) is 0 Å². The summed E-state index contributed by atoms with van der Waals surface area (Å²) >= 11 is 4.50. The van der Waals surface area contributed by atoms with E-state index < -0.39 is 0 Å². The predicted molar refractivity (Wildman–Crippen MR) is 36.5 cm³/mol. The molecule has 0 fully saturated rings. The summed E-state index contributed by atoms with van der Waals surface area (Å²) in [6.45, 7) is 6.85. The summed E-state index contributed by atoms with van der Waals surface area (Å²) in [5.41, 5.74) is 0. The molecule has 3 heteroatoms. The number of rotatable bonds is 1. The van der Waals surface area contributed by atoms with Gasteiger partial charge in [-0.3, -0.25) is 10.9 Å². The van der Waals surface area contributed by atoms with Gasteiger partial charge in [0, 0.05) is 26.2 Å². The average Bonchev–Trinajstić information content (AvgIpc) is 1.71. The maximum absolute atomic E-state index is 4.93. The zero-order valence-corrected chi connectivity index (χ0v) is 8.81. The topological polar surface area (TPSA) is 9.23 Å². The van der Waals surface area contributed by atoms with Gasteiger partial charge in [-0.25, -0.2) is 12.2 Å². The van der Waals surface area contributed by atoms with E-state index in [2.05, 4.69) is 16.2 Å². The zero-order valence-electron chi connectivity index (χ0n) is 5.60. The van der Waals surface area contributed by atoms with E-state index in [1.54, 1.807) is 6.08 Å². The third-order valence-corrected chi connectivity index (χ3v) is 0.304. The molecule has 0 saturated carbocycles. The minimum absolute atomic E-state index is 0. The molecule has 0 rings (SSSR count). The Kier molecular flexibility index (Phi) is 42.5. The van der Waals surface area contributed by atoms with Crippen molar-refractivity contribution in [3.8, 4) is 0 Å². The van der Waals surface area contributed by atoms with Crippen LogP contribution in [0, 0.1) is 6.58 Å². The average molecular weight is 225 g/mol. The molecule has 0 unspecified atom stereocenters. The van der Waals surface area contributed by atoms with Crippen molar-refractivity contribution in [2.45, 2.75) is 6.92 Å². The van der Waals surface area contributed by atoms with Gasteiger partial charge in [0.05, 0.1) is 19.0 Å². The van der Waals surface area contributed by atoms with Gasteiger partial charge in [0.25, 0.3) is 0 Å². The molecule has 0 saturated heterocycles. The van der Waals surface area contributed by atoms with Crippen LogP contribution in [0.2, 0.25) is 0 Å². The van der Waals surface area contributed by atoms with Crippen LogP contribution in [0.25, 0.3) is 0 Å². The van der Waals surface area contributed by atoms with Crippen molar-refractivity contribution < 1.29 is 30.5 Å². The molecular formula is C6H10ClOZr-. The molecule has 0 aliphatic rings. The van der Waals surface area contributed by atoms with Crippen LogP contribution in [0.1, 0.15) is 6.92 Å². The number of hydrogen-bond donors (Lipinski definition) is 0. The Hall–Kier alpha value is 0.613. The first-order valence-electron chi connectivity index (χ1n) is 2.14. The first-order chi connectivity index (χ1) is 3.83. The van der Waals surface area contributed by atoms with Gasteiger partial charge in [0.15, 0.2) is 0 Å². The van der Waals surface area contributed by atoms with Gasteiger partial charge in [-0.1, -0.05) is 6.92 Å². The van der Waals surface area contributed by atoms with Crippen molar-refractivity contribution >= 4 is 11.9 Å². The third kappa shape index (κ3) is 55.2. The molecule has 0 aromatic carbocycles. The van der Waals surface area contributed by atoms with Crippen LogP contribution in [0.5, 0.6) is 0 Å². The largest absolute Gasteiger partial charge is 0.293 e. The van der Waals surface area contributed by atoms with Crippen molar-refractivity contribution in [3.05, 3.63) is 24.8 Å². The van der Waals surface area contributed by atoms with Gasteiger partial charge in [-0.05, 0) is 0 Å². The molecule has 0 radical (unpaired) electrons. The van der Waals surface area contributed by atoms with E-state index in [-0.39, 0.29) is 26.2 Å². The monoisotopic (exact) mass is 223 g/mol. The molecule has 0 spiro atoms. The van der Waals surface area contributed by atoms with Crippen molar-refractivity contribution in [1.82, 2.24) is 0 Å². The molecule has 9 heavy (non-hydrogen) atoms. The fraction of sp³-hybridized carbons (Fsp3) is 0.333. The Morgan fingerprint density at radius 2 is 1.89 bits per heavy atom. The molecule has 0 aliphatic carbocycles. The molecule has 0 aromatic heterocycles. The molecular weight excluding hydrogens is 215 g/mol. The smallest absolute Gasteiger partial charge is 0.0606 e. The van der Waals surface area contributed by atoms with Crippen LogP contribution < -0.4 is 0 Å². The van der Waals surface area contributed by atoms with Crippen LogP contribution in [0.3, 0.4) is 0 Å². The van der Waals surface area contributed by atoms with E-state index in [1.807, 2.05) is 13.0 Å². The Labute approximate surface area is 81.0 Å². The maximum Gasteiger partial charge on any atom is 0.0606 e. The summed E-state index contributed by atoms with van der Waals surface area (Å²) in [5, 5.41) is 0. The summed E-state index contributed by atoms with van der Waals surface area (Å²) in [5.74, 6) is 0. The summed E-state index contributed by atoms with van der Waals surface area (Å²) in [6.07, 6.45) is 5.15. The van der Waals surface area contributed by atoms with E-state index in [9.17, 15) is 0 Å². The van der Waals surface area contributed by atoms with Gasteiger partial charge >= 0.3 is 0 Å². The Morgan fingerprint density at radius 3 is 1.89 bits per heavy atom. The van der Waals surface area contributed by atoms with Gasteiger partial charge < -0.3 is 0 Å². The van der Waals surface area contributed by atoms with E-state index >= 15 is 0 Å². The Bertz CT molecular complexity index is 64.1. The molecule has 1 nitrogen and oxygen atoms in total. The molecule has 0 bridgehead atoms. The van der Waals surface area contributed by atoms with Gasteiger partial charge in [0.2, 0.25) is 0 Å². The third-order valence-electron chi connectivity index (χ3n) is 0.304. The fourth-order valence-corrected chi connectivity index (χ4v) is 0.111. The molecule has 52 valence electrons. The SMILES string of the molecule is COCl.[CH-]=CC=CC.[Zr]. The fourth-order valence-electron chi connectivity index (χ4n) is 0.111. The van der Waals surface area contributed by atoms with Crippen molar-refractivity contribution in [2.75, 3.05) is 7.11 Å². The van der Waals surface area contributed by atoms with Gasteiger partial charge in [-0.15, -0.1) is 0 Å². The van der Waals surface area contributed by atoms with Crippen molar-refractivity contribution in [2.24, 2.45) is 0 Å².